The Morgan fingerprint density at radius 3 is 2.81 bits per heavy atom. The number of hydrogen-bond acceptors (Lipinski definition) is 5. The summed E-state index contributed by atoms with van der Waals surface area (Å²) in [6.45, 7) is 0. The van der Waals surface area contributed by atoms with Crippen molar-refractivity contribution in [3.05, 3.63) is 48.2 Å². The highest BCUT2D eigenvalue weighted by molar-refractivity contribution is 8.00. The van der Waals surface area contributed by atoms with E-state index in [-0.39, 0.29) is 17.4 Å². The number of Topliss-reactive ketones (excluding diaryl/α,β-unsaturated/α-hetero) is 1. The zero-order valence-corrected chi connectivity index (χ0v) is 12.0. The van der Waals surface area contributed by atoms with Gasteiger partial charge in [-0.25, -0.2) is 14.4 Å². The zero-order valence-electron chi connectivity index (χ0n) is 11.2. The lowest BCUT2D eigenvalue weighted by Crippen LogP contribution is -2.03. The second kappa shape index (κ2) is 5.61. The van der Waals surface area contributed by atoms with Gasteiger partial charge in [-0.15, -0.1) is 0 Å². The third kappa shape index (κ3) is 2.78. The lowest BCUT2D eigenvalue weighted by Gasteiger charge is -2.02. The molecule has 0 saturated heterocycles. The Morgan fingerprint density at radius 1 is 1.29 bits per heavy atom. The molecule has 0 aliphatic rings. The molecule has 5 nitrogen and oxygen atoms in total. The van der Waals surface area contributed by atoms with E-state index in [1.165, 1.54) is 42.4 Å². The van der Waals surface area contributed by atoms with Gasteiger partial charge in [-0.2, -0.15) is 5.10 Å². The fourth-order valence-corrected chi connectivity index (χ4v) is 2.76. The number of halogens is 1. The Kier molecular flexibility index (Phi) is 3.66. The topological polar surface area (TPSA) is 60.7 Å². The number of fused-ring (bicyclic) bond motifs is 1. The maximum Gasteiger partial charge on any atom is 0.173 e. The van der Waals surface area contributed by atoms with Gasteiger partial charge < -0.3 is 0 Å². The van der Waals surface area contributed by atoms with Crippen LogP contribution in [-0.2, 0) is 7.05 Å². The zero-order chi connectivity index (χ0) is 14.8. The fourth-order valence-electron chi connectivity index (χ4n) is 1.91. The van der Waals surface area contributed by atoms with Crippen molar-refractivity contribution in [3.63, 3.8) is 0 Å². The molecular formula is C14H11FN4OS. The first-order valence-electron chi connectivity index (χ1n) is 6.19. The number of aromatic nitrogens is 4. The quantitative estimate of drug-likeness (QED) is 0.421. The van der Waals surface area contributed by atoms with E-state index < -0.39 is 0 Å². The van der Waals surface area contributed by atoms with Crippen LogP contribution in [0.2, 0.25) is 0 Å². The number of carbonyl (C=O) groups excluding carboxylic acids is 1. The number of thioether (sulfide) groups is 1. The molecule has 0 N–H and O–H groups in total. The Balaban J connectivity index is 1.77. The molecule has 0 atom stereocenters. The van der Waals surface area contributed by atoms with Crippen LogP contribution in [0, 0.1) is 5.82 Å². The van der Waals surface area contributed by atoms with E-state index in [0.717, 1.165) is 11.0 Å². The van der Waals surface area contributed by atoms with Crippen LogP contribution in [0.25, 0.3) is 11.0 Å². The van der Waals surface area contributed by atoms with Crippen molar-refractivity contribution in [2.45, 2.75) is 5.03 Å². The Bertz CT molecular complexity index is 800. The van der Waals surface area contributed by atoms with Crippen molar-refractivity contribution < 1.29 is 9.18 Å². The Labute approximate surface area is 124 Å². The van der Waals surface area contributed by atoms with Crippen LogP contribution in [0.15, 0.2) is 41.8 Å². The van der Waals surface area contributed by atoms with E-state index in [2.05, 4.69) is 15.1 Å². The van der Waals surface area contributed by atoms with Gasteiger partial charge in [0, 0.05) is 12.6 Å². The summed E-state index contributed by atoms with van der Waals surface area (Å²) in [5.74, 6) is -0.199. The summed E-state index contributed by atoms with van der Waals surface area (Å²) in [4.78, 5) is 20.4. The maximum atomic E-state index is 12.8. The SMILES string of the molecule is Cn1ncc2c(SCC(=O)c3ccc(F)cc3)ncnc21. The highest BCUT2D eigenvalue weighted by atomic mass is 32.2. The summed E-state index contributed by atoms with van der Waals surface area (Å²) < 4.78 is 14.5. The van der Waals surface area contributed by atoms with Crippen LogP contribution >= 0.6 is 11.8 Å². The second-order valence-electron chi connectivity index (χ2n) is 4.40. The van der Waals surface area contributed by atoms with Crippen molar-refractivity contribution in [1.29, 1.82) is 0 Å². The van der Waals surface area contributed by atoms with E-state index >= 15 is 0 Å². The molecular weight excluding hydrogens is 291 g/mol. The van der Waals surface area contributed by atoms with Crippen molar-refractivity contribution >= 4 is 28.6 Å². The summed E-state index contributed by atoms with van der Waals surface area (Å²) in [7, 11) is 1.80. The molecule has 0 aliphatic carbocycles. The molecule has 7 heteroatoms. The normalized spacial score (nSPS) is 11.0. The number of carbonyl (C=O) groups is 1. The van der Waals surface area contributed by atoms with Gasteiger partial charge >= 0.3 is 0 Å². The average molecular weight is 302 g/mol. The molecule has 1 aromatic carbocycles. The van der Waals surface area contributed by atoms with Crippen LogP contribution in [0.5, 0.6) is 0 Å². The maximum absolute atomic E-state index is 12.8. The number of hydrogen-bond donors (Lipinski definition) is 0. The molecule has 21 heavy (non-hydrogen) atoms. The Morgan fingerprint density at radius 2 is 2.05 bits per heavy atom. The standard InChI is InChI=1S/C14H11FN4OS/c1-19-13-11(6-18-19)14(17-8-16-13)21-7-12(20)9-2-4-10(15)5-3-9/h2-6,8H,7H2,1H3. The first-order valence-corrected chi connectivity index (χ1v) is 7.18. The number of benzene rings is 1. The summed E-state index contributed by atoms with van der Waals surface area (Å²) >= 11 is 1.32. The molecule has 0 amide bonds. The van der Waals surface area contributed by atoms with Crippen molar-refractivity contribution in [2.75, 3.05) is 5.75 Å². The third-order valence-electron chi connectivity index (χ3n) is 3.00. The van der Waals surface area contributed by atoms with Crippen molar-refractivity contribution in [1.82, 2.24) is 19.7 Å². The molecule has 0 radical (unpaired) electrons. The lowest BCUT2D eigenvalue weighted by atomic mass is 10.1. The van der Waals surface area contributed by atoms with Gasteiger partial charge in [0.15, 0.2) is 11.4 Å². The van der Waals surface area contributed by atoms with Crippen LogP contribution in [0.4, 0.5) is 4.39 Å². The van der Waals surface area contributed by atoms with E-state index in [1.807, 2.05) is 0 Å². The number of ketones is 1. The first kappa shape index (κ1) is 13.7. The van der Waals surface area contributed by atoms with Gasteiger partial charge in [0.1, 0.15) is 17.2 Å². The van der Waals surface area contributed by atoms with E-state index in [4.69, 9.17) is 0 Å². The summed E-state index contributed by atoms with van der Waals surface area (Å²) in [5, 5.41) is 5.65. The summed E-state index contributed by atoms with van der Waals surface area (Å²) in [6.07, 6.45) is 3.13. The largest absolute Gasteiger partial charge is 0.293 e. The highest BCUT2D eigenvalue weighted by Crippen LogP contribution is 2.24. The number of rotatable bonds is 4. The van der Waals surface area contributed by atoms with Gasteiger partial charge in [-0.3, -0.25) is 9.48 Å². The molecule has 3 rings (SSSR count). The molecule has 0 saturated carbocycles. The minimum absolute atomic E-state index is 0.0735. The van der Waals surface area contributed by atoms with E-state index in [0.29, 0.717) is 10.6 Å². The van der Waals surface area contributed by atoms with Crippen LogP contribution in [-0.4, -0.2) is 31.3 Å². The fraction of sp³-hybridized carbons (Fsp3) is 0.143. The van der Waals surface area contributed by atoms with Crippen LogP contribution < -0.4 is 0 Å². The van der Waals surface area contributed by atoms with E-state index in [1.54, 1.807) is 17.9 Å². The molecule has 0 bridgehead atoms. The molecule has 0 fully saturated rings. The number of aryl methyl sites for hydroxylation is 1. The third-order valence-corrected chi connectivity index (χ3v) is 4.00. The smallest absolute Gasteiger partial charge is 0.173 e. The van der Waals surface area contributed by atoms with Gasteiger partial charge in [-0.1, -0.05) is 11.8 Å². The van der Waals surface area contributed by atoms with Crippen LogP contribution in [0.1, 0.15) is 10.4 Å². The molecule has 2 aromatic heterocycles. The average Bonchev–Trinajstić information content (AvgIpc) is 2.88. The first-order chi connectivity index (χ1) is 10.1. The molecule has 106 valence electrons. The second-order valence-corrected chi connectivity index (χ2v) is 5.37. The molecule has 3 aromatic rings. The van der Waals surface area contributed by atoms with Crippen LogP contribution in [0.3, 0.4) is 0 Å². The van der Waals surface area contributed by atoms with Gasteiger partial charge in [0.25, 0.3) is 0 Å². The van der Waals surface area contributed by atoms with Gasteiger partial charge in [0.2, 0.25) is 0 Å². The monoisotopic (exact) mass is 302 g/mol. The minimum atomic E-state index is -0.355. The molecule has 0 unspecified atom stereocenters. The molecule has 0 aliphatic heterocycles. The molecule has 2 heterocycles. The Hall–Kier alpha value is -2.28. The van der Waals surface area contributed by atoms with Crippen molar-refractivity contribution in [2.24, 2.45) is 7.05 Å². The highest BCUT2D eigenvalue weighted by Gasteiger charge is 2.11. The lowest BCUT2D eigenvalue weighted by molar-refractivity contribution is 0.102. The van der Waals surface area contributed by atoms with Gasteiger partial charge in [-0.05, 0) is 24.3 Å². The van der Waals surface area contributed by atoms with Gasteiger partial charge in [0.05, 0.1) is 17.3 Å². The summed E-state index contributed by atoms with van der Waals surface area (Å²) in [6, 6.07) is 5.53. The summed E-state index contributed by atoms with van der Waals surface area (Å²) in [5.41, 5.74) is 1.21. The van der Waals surface area contributed by atoms with E-state index in [9.17, 15) is 9.18 Å². The molecule has 0 spiro atoms. The number of nitrogens with zero attached hydrogens (tertiary/aromatic N) is 4. The predicted octanol–water partition coefficient (Wildman–Crippen LogP) is 2.48. The minimum Gasteiger partial charge on any atom is -0.293 e. The van der Waals surface area contributed by atoms with Crippen molar-refractivity contribution in [3.8, 4) is 0 Å². The predicted molar refractivity (Wildman–Crippen MR) is 77.8 cm³/mol.